The van der Waals surface area contributed by atoms with Crippen LogP contribution in [0.1, 0.15) is 20.3 Å². The van der Waals surface area contributed by atoms with E-state index in [0.717, 1.165) is 19.5 Å². The molecular weight excluding hydrogens is 256 g/mol. The SMILES string of the molecule is CC(C)C(Br)C(=O)N(C)CCCN(C)C. The minimum Gasteiger partial charge on any atom is -0.345 e. The van der Waals surface area contributed by atoms with Crippen LogP contribution in [0.2, 0.25) is 0 Å². The second-order valence-corrected chi connectivity index (χ2v) is 5.55. The minimum atomic E-state index is -0.0538. The fourth-order valence-electron chi connectivity index (χ4n) is 1.23. The molecule has 1 unspecified atom stereocenters. The van der Waals surface area contributed by atoms with Crippen molar-refractivity contribution in [2.24, 2.45) is 5.92 Å². The highest BCUT2D eigenvalue weighted by atomic mass is 79.9. The summed E-state index contributed by atoms with van der Waals surface area (Å²) >= 11 is 3.43. The summed E-state index contributed by atoms with van der Waals surface area (Å²) in [6, 6.07) is 0. The first-order chi connectivity index (χ1) is 6.86. The van der Waals surface area contributed by atoms with Crippen molar-refractivity contribution >= 4 is 21.8 Å². The van der Waals surface area contributed by atoms with Crippen molar-refractivity contribution in [3.63, 3.8) is 0 Å². The van der Waals surface area contributed by atoms with Gasteiger partial charge in [0.2, 0.25) is 5.91 Å². The number of carbonyl (C=O) groups is 1. The van der Waals surface area contributed by atoms with E-state index in [1.165, 1.54) is 0 Å². The van der Waals surface area contributed by atoms with E-state index in [1.54, 1.807) is 0 Å². The lowest BCUT2D eigenvalue weighted by atomic mass is 10.1. The van der Waals surface area contributed by atoms with E-state index in [4.69, 9.17) is 0 Å². The average molecular weight is 279 g/mol. The molecule has 0 radical (unpaired) electrons. The first-order valence-electron chi connectivity index (χ1n) is 5.40. The maximum atomic E-state index is 11.8. The molecule has 0 saturated heterocycles. The number of rotatable bonds is 6. The molecule has 0 heterocycles. The molecule has 4 heteroatoms. The number of alkyl halides is 1. The van der Waals surface area contributed by atoms with Crippen molar-refractivity contribution in [2.45, 2.75) is 25.1 Å². The lowest BCUT2D eigenvalue weighted by Gasteiger charge is -2.23. The highest BCUT2D eigenvalue weighted by Gasteiger charge is 2.21. The van der Waals surface area contributed by atoms with E-state index in [1.807, 2.05) is 39.9 Å². The second-order valence-electron chi connectivity index (χ2n) is 4.56. The Bertz CT molecular complexity index is 195. The fourth-order valence-corrected chi connectivity index (χ4v) is 1.58. The van der Waals surface area contributed by atoms with Crippen LogP contribution in [0.25, 0.3) is 0 Å². The van der Waals surface area contributed by atoms with Crippen molar-refractivity contribution in [1.29, 1.82) is 0 Å². The molecule has 0 spiro atoms. The summed E-state index contributed by atoms with van der Waals surface area (Å²) < 4.78 is 0. The molecule has 0 aliphatic rings. The van der Waals surface area contributed by atoms with Gasteiger partial charge in [0.05, 0.1) is 4.83 Å². The quantitative estimate of drug-likeness (QED) is 0.692. The lowest BCUT2D eigenvalue weighted by Crippen LogP contribution is -2.37. The zero-order valence-corrected chi connectivity index (χ0v) is 12.0. The molecule has 0 fully saturated rings. The van der Waals surface area contributed by atoms with E-state index in [9.17, 15) is 4.79 Å². The number of nitrogens with zero attached hydrogens (tertiary/aromatic N) is 2. The smallest absolute Gasteiger partial charge is 0.236 e. The van der Waals surface area contributed by atoms with Crippen LogP contribution >= 0.6 is 15.9 Å². The highest BCUT2D eigenvalue weighted by Crippen LogP contribution is 2.14. The molecule has 0 rings (SSSR count). The van der Waals surface area contributed by atoms with Gasteiger partial charge < -0.3 is 9.80 Å². The predicted octanol–water partition coefficient (Wildman–Crippen LogP) is 1.82. The van der Waals surface area contributed by atoms with Gasteiger partial charge in [0.25, 0.3) is 0 Å². The van der Waals surface area contributed by atoms with Crippen LogP contribution in [-0.4, -0.2) is 54.8 Å². The van der Waals surface area contributed by atoms with Crippen LogP contribution < -0.4 is 0 Å². The summed E-state index contributed by atoms with van der Waals surface area (Å²) in [5.74, 6) is 0.526. The maximum Gasteiger partial charge on any atom is 0.236 e. The highest BCUT2D eigenvalue weighted by molar-refractivity contribution is 9.10. The van der Waals surface area contributed by atoms with E-state index in [2.05, 4.69) is 20.8 Å². The summed E-state index contributed by atoms with van der Waals surface area (Å²) in [7, 11) is 5.96. The molecule has 90 valence electrons. The van der Waals surface area contributed by atoms with Gasteiger partial charge in [0.15, 0.2) is 0 Å². The summed E-state index contributed by atoms with van der Waals surface area (Å²) in [4.78, 5) is 15.7. The topological polar surface area (TPSA) is 23.6 Å². The molecule has 0 saturated carbocycles. The van der Waals surface area contributed by atoms with Crippen molar-refractivity contribution in [3.8, 4) is 0 Å². The molecule has 3 nitrogen and oxygen atoms in total. The Kier molecular flexibility index (Phi) is 7.18. The van der Waals surface area contributed by atoms with Crippen LogP contribution in [0.4, 0.5) is 0 Å². The van der Waals surface area contributed by atoms with Gasteiger partial charge in [-0.2, -0.15) is 0 Å². The number of hydrogen-bond acceptors (Lipinski definition) is 2. The normalized spacial score (nSPS) is 13.3. The van der Waals surface area contributed by atoms with Crippen LogP contribution in [0.5, 0.6) is 0 Å². The molecule has 0 N–H and O–H groups in total. The molecule has 0 aliphatic heterocycles. The molecular formula is C11H23BrN2O. The summed E-state index contributed by atoms with van der Waals surface area (Å²) in [5, 5.41) is 0. The van der Waals surface area contributed by atoms with Crippen molar-refractivity contribution < 1.29 is 4.79 Å². The molecule has 0 aromatic carbocycles. The first-order valence-corrected chi connectivity index (χ1v) is 6.31. The Hall–Kier alpha value is -0.0900. The van der Waals surface area contributed by atoms with Crippen LogP contribution in [0.15, 0.2) is 0 Å². The largest absolute Gasteiger partial charge is 0.345 e. The Balaban J connectivity index is 3.89. The van der Waals surface area contributed by atoms with Crippen molar-refractivity contribution in [1.82, 2.24) is 9.80 Å². The number of halogens is 1. The van der Waals surface area contributed by atoms with Gasteiger partial charge in [-0.15, -0.1) is 0 Å². The van der Waals surface area contributed by atoms with Crippen LogP contribution in [0, 0.1) is 5.92 Å². The molecule has 0 aliphatic carbocycles. The van der Waals surface area contributed by atoms with E-state index >= 15 is 0 Å². The Morgan fingerprint density at radius 2 is 1.73 bits per heavy atom. The second kappa shape index (κ2) is 7.23. The number of carbonyl (C=O) groups excluding carboxylic acids is 1. The lowest BCUT2D eigenvalue weighted by molar-refractivity contribution is -0.129. The Morgan fingerprint density at radius 3 is 2.13 bits per heavy atom. The third-order valence-electron chi connectivity index (χ3n) is 2.30. The van der Waals surface area contributed by atoms with E-state index in [-0.39, 0.29) is 10.7 Å². The van der Waals surface area contributed by atoms with Gasteiger partial charge in [0.1, 0.15) is 0 Å². The zero-order chi connectivity index (χ0) is 12.0. The van der Waals surface area contributed by atoms with Gasteiger partial charge >= 0.3 is 0 Å². The minimum absolute atomic E-state index is 0.0538. The van der Waals surface area contributed by atoms with Gasteiger partial charge in [-0.3, -0.25) is 4.79 Å². The Morgan fingerprint density at radius 1 is 1.20 bits per heavy atom. The van der Waals surface area contributed by atoms with Gasteiger partial charge in [0, 0.05) is 13.6 Å². The van der Waals surface area contributed by atoms with E-state index in [0.29, 0.717) is 5.92 Å². The standard InChI is InChI=1S/C11H23BrN2O/c1-9(2)10(12)11(15)14(5)8-6-7-13(3)4/h9-10H,6-8H2,1-5H3. The molecule has 0 aromatic heterocycles. The van der Waals surface area contributed by atoms with Crippen molar-refractivity contribution in [2.75, 3.05) is 34.2 Å². The molecule has 1 atom stereocenters. The monoisotopic (exact) mass is 278 g/mol. The zero-order valence-electron chi connectivity index (χ0n) is 10.5. The van der Waals surface area contributed by atoms with Crippen molar-refractivity contribution in [3.05, 3.63) is 0 Å². The molecule has 0 aromatic rings. The first kappa shape index (κ1) is 14.9. The van der Waals surface area contributed by atoms with Gasteiger partial charge in [-0.25, -0.2) is 0 Å². The predicted molar refractivity (Wildman–Crippen MR) is 68.4 cm³/mol. The summed E-state index contributed by atoms with van der Waals surface area (Å²) in [5.41, 5.74) is 0. The fraction of sp³-hybridized carbons (Fsp3) is 0.909. The third kappa shape index (κ3) is 6.15. The third-order valence-corrected chi connectivity index (χ3v) is 3.75. The molecule has 1 amide bonds. The Labute approximate surface area is 102 Å². The number of hydrogen-bond donors (Lipinski definition) is 0. The average Bonchev–Trinajstić information content (AvgIpc) is 2.14. The number of amides is 1. The molecule has 15 heavy (non-hydrogen) atoms. The van der Waals surface area contributed by atoms with Gasteiger partial charge in [-0.05, 0) is 33.0 Å². The van der Waals surface area contributed by atoms with Crippen LogP contribution in [-0.2, 0) is 4.79 Å². The van der Waals surface area contributed by atoms with Gasteiger partial charge in [-0.1, -0.05) is 29.8 Å². The molecule has 0 bridgehead atoms. The maximum absolute atomic E-state index is 11.8. The van der Waals surface area contributed by atoms with E-state index < -0.39 is 0 Å². The summed E-state index contributed by atoms with van der Waals surface area (Å²) in [6.07, 6.45) is 1.02. The van der Waals surface area contributed by atoms with Crippen LogP contribution in [0.3, 0.4) is 0 Å². The summed E-state index contributed by atoms with van der Waals surface area (Å²) in [6.45, 7) is 5.94.